The van der Waals surface area contributed by atoms with Gasteiger partial charge in [-0.25, -0.2) is 4.98 Å². The molecule has 1 amide bonds. The summed E-state index contributed by atoms with van der Waals surface area (Å²) in [5.74, 6) is -0.387. The van der Waals surface area contributed by atoms with E-state index in [-0.39, 0.29) is 11.6 Å². The summed E-state index contributed by atoms with van der Waals surface area (Å²) >= 11 is 2.42. The molecule has 3 aromatic rings. The number of rotatable bonds is 4. The summed E-state index contributed by atoms with van der Waals surface area (Å²) < 4.78 is 0. The van der Waals surface area contributed by atoms with Gasteiger partial charge in [0.2, 0.25) is 0 Å². The second-order valence-corrected chi connectivity index (χ2v) is 7.23. The molecule has 0 atom stereocenters. The topological polar surface area (TPSA) is 85.1 Å². The van der Waals surface area contributed by atoms with Gasteiger partial charge in [0.05, 0.1) is 20.4 Å². The lowest BCUT2D eigenvalue weighted by atomic mass is 10.1. The molecule has 0 fully saturated rings. The van der Waals surface area contributed by atoms with E-state index in [4.69, 9.17) is 0 Å². The van der Waals surface area contributed by atoms with Gasteiger partial charge in [-0.1, -0.05) is 24.3 Å². The van der Waals surface area contributed by atoms with Crippen LogP contribution in [0.1, 0.15) is 20.1 Å². The smallest absolute Gasteiger partial charge is 0.283 e. The third kappa shape index (κ3) is 3.19. The van der Waals surface area contributed by atoms with Crippen LogP contribution in [0.2, 0.25) is 0 Å². The van der Waals surface area contributed by atoms with Crippen LogP contribution in [-0.2, 0) is 0 Å². The Morgan fingerprint density at radius 2 is 2.04 bits per heavy atom. The van der Waals surface area contributed by atoms with Crippen LogP contribution < -0.4 is 5.32 Å². The normalized spacial score (nSPS) is 10.6. The predicted octanol–water partition coefficient (Wildman–Crippen LogP) is 4.65. The minimum atomic E-state index is -0.484. The number of carbonyl (C=O) groups excluding carboxylic acids is 1. The summed E-state index contributed by atoms with van der Waals surface area (Å²) in [7, 11) is 0. The highest BCUT2D eigenvalue weighted by Crippen LogP contribution is 2.30. The third-order valence-electron chi connectivity index (χ3n) is 3.46. The zero-order valence-corrected chi connectivity index (χ0v) is 14.5. The van der Waals surface area contributed by atoms with Crippen LogP contribution in [0.4, 0.5) is 10.8 Å². The predicted molar refractivity (Wildman–Crippen MR) is 96.0 cm³/mol. The van der Waals surface area contributed by atoms with Gasteiger partial charge in [0.15, 0.2) is 5.13 Å². The van der Waals surface area contributed by atoms with Crippen molar-refractivity contribution in [1.29, 1.82) is 0 Å². The van der Waals surface area contributed by atoms with Gasteiger partial charge in [-0.3, -0.25) is 20.2 Å². The van der Waals surface area contributed by atoms with E-state index in [2.05, 4.69) is 10.3 Å². The first-order chi connectivity index (χ1) is 11.5. The van der Waals surface area contributed by atoms with Gasteiger partial charge in [-0.2, -0.15) is 0 Å². The van der Waals surface area contributed by atoms with Crippen LogP contribution in [0, 0.1) is 24.0 Å². The highest BCUT2D eigenvalue weighted by molar-refractivity contribution is 7.15. The molecular weight excluding hydrogens is 346 g/mol. The maximum Gasteiger partial charge on any atom is 0.283 e. The molecule has 122 valence electrons. The second kappa shape index (κ2) is 6.50. The first kappa shape index (κ1) is 16.3. The maximum atomic E-state index is 12.3. The molecule has 2 heterocycles. The number of carbonyl (C=O) groups is 1. The number of thiazole rings is 1. The van der Waals surface area contributed by atoms with Gasteiger partial charge in [-0.05, 0) is 19.4 Å². The Hall–Kier alpha value is -2.58. The fraction of sp³-hybridized carbons (Fsp3) is 0.125. The third-order valence-corrected chi connectivity index (χ3v) is 5.25. The van der Waals surface area contributed by atoms with E-state index in [0.717, 1.165) is 28.2 Å². The molecule has 1 N–H and O–H groups in total. The van der Waals surface area contributed by atoms with E-state index < -0.39 is 4.92 Å². The van der Waals surface area contributed by atoms with Crippen LogP contribution in [0.5, 0.6) is 0 Å². The van der Waals surface area contributed by atoms with Crippen molar-refractivity contribution in [1.82, 2.24) is 4.98 Å². The van der Waals surface area contributed by atoms with E-state index in [1.54, 1.807) is 6.92 Å². The largest absolute Gasteiger partial charge is 0.297 e. The molecule has 0 aliphatic rings. The lowest BCUT2D eigenvalue weighted by Gasteiger charge is -2.01. The fourth-order valence-electron chi connectivity index (χ4n) is 2.24. The van der Waals surface area contributed by atoms with Crippen molar-refractivity contribution in [3.05, 3.63) is 61.1 Å². The molecule has 24 heavy (non-hydrogen) atoms. The van der Waals surface area contributed by atoms with Gasteiger partial charge in [0, 0.05) is 17.0 Å². The van der Waals surface area contributed by atoms with E-state index in [0.29, 0.717) is 14.9 Å². The highest BCUT2D eigenvalue weighted by atomic mass is 32.1. The van der Waals surface area contributed by atoms with Crippen LogP contribution in [0.25, 0.3) is 11.3 Å². The molecule has 2 aromatic heterocycles. The molecule has 1 aromatic carbocycles. The number of thiophene rings is 1. The van der Waals surface area contributed by atoms with E-state index in [9.17, 15) is 14.9 Å². The Morgan fingerprint density at radius 3 is 2.71 bits per heavy atom. The van der Waals surface area contributed by atoms with Crippen molar-refractivity contribution in [3.8, 4) is 11.3 Å². The van der Waals surface area contributed by atoms with Crippen molar-refractivity contribution < 1.29 is 9.72 Å². The van der Waals surface area contributed by atoms with Crippen molar-refractivity contribution in [2.75, 3.05) is 5.32 Å². The quantitative estimate of drug-likeness (QED) is 0.543. The Labute approximate surface area is 146 Å². The van der Waals surface area contributed by atoms with Gasteiger partial charge >= 0.3 is 0 Å². The number of anilines is 1. The van der Waals surface area contributed by atoms with Gasteiger partial charge in [0.25, 0.3) is 11.6 Å². The van der Waals surface area contributed by atoms with Crippen LogP contribution in [0.3, 0.4) is 0 Å². The van der Waals surface area contributed by atoms with Crippen LogP contribution in [0.15, 0.2) is 35.7 Å². The number of nitro groups is 1. The number of aromatic nitrogens is 1. The van der Waals surface area contributed by atoms with Crippen LogP contribution in [-0.4, -0.2) is 15.8 Å². The fourth-order valence-corrected chi connectivity index (χ4v) is 3.83. The summed E-state index contributed by atoms with van der Waals surface area (Å²) in [5, 5.41) is 15.9. The van der Waals surface area contributed by atoms with Crippen LogP contribution >= 0.6 is 22.7 Å². The Morgan fingerprint density at radius 1 is 1.29 bits per heavy atom. The van der Waals surface area contributed by atoms with Crippen molar-refractivity contribution in [2.24, 2.45) is 0 Å². The molecule has 0 saturated carbocycles. The summed E-state index contributed by atoms with van der Waals surface area (Å²) in [5.41, 5.74) is 2.87. The lowest BCUT2D eigenvalue weighted by molar-refractivity contribution is -0.385. The number of benzene rings is 1. The molecule has 0 bridgehead atoms. The first-order valence-electron chi connectivity index (χ1n) is 7.03. The van der Waals surface area contributed by atoms with Gasteiger partial charge < -0.3 is 0 Å². The van der Waals surface area contributed by atoms with Gasteiger partial charge in [-0.15, -0.1) is 22.7 Å². The number of aryl methyl sites for hydroxylation is 2. The van der Waals surface area contributed by atoms with Crippen molar-refractivity contribution in [3.63, 3.8) is 0 Å². The zero-order chi connectivity index (χ0) is 17.3. The molecule has 0 aliphatic carbocycles. The number of nitrogens with one attached hydrogen (secondary N) is 1. The minimum Gasteiger partial charge on any atom is -0.297 e. The number of nitrogens with zero attached hydrogens (tertiary/aromatic N) is 2. The molecule has 0 aliphatic heterocycles. The molecule has 0 unspecified atom stereocenters. The monoisotopic (exact) mass is 359 g/mol. The van der Waals surface area contributed by atoms with E-state index in [1.165, 1.54) is 17.4 Å². The number of hydrogen-bond acceptors (Lipinski definition) is 6. The highest BCUT2D eigenvalue weighted by Gasteiger charge is 2.20. The van der Waals surface area contributed by atoms with Crippen molar-refractivity contribution >= 4 is 39.4 Å². The number of amides is 1. The minimum absolute atomic E-state index is 0.0371. The number of hydrogen-bond donors (Lipinski definition) is 1. The molecule has 3 rings (SSSR count). The zero-order valence-electron chi connectivity index (χ0n) is 12.9. The van der Waals surface area contributed by atoms with Crippen molar-refractivity contribution in [2.45, 2.75) is 13.8 Å². The van der Waals surface area contributed by atoms with E-state index >= 15 is 0 Å². The summed E-state index contributed by atoms with van der Waals surface area (Å²) in [6, 6.07) is 9.17. The Kier molecular flexibility index (Phi) is 4.41. The lowest BCUT2D eigenvalue weighted by Crippen LogP contribution is -2.09. The van der Waals surface area contributed by atoms with E-state index in [1.807, 2.05) is 36.6 Å². The molecule has 0 saturated heterocycles. The molecule has 0 radical (unpaired) electrons. The average molecular weight is 359 g/mol. The Balaban J connectivity index is 1.80. The Bertz CT molecular complexity index is 930. The average Bonchev–Trinajstić information content (AvgIpc) is 3.14. The maximum absolute atomic E-state index is 12.3. The summed E-state index contributed by atoms with van der Waals surface area (Å²) in [6.45, 7) is 3.62. The first-order valence-corrected chi connectivity index (χ1v) is 8.73. The molecule has 0 spiro atoms. The SMILES string of the molecule is Cc1ccccc1-c1csc(NC(=O)c2cc([N+](=O)[O-])c(C)s2)n1. The summed E-state index contributed by atoms with van der Waals surface area (Å²) in [4.78, 5) is 27.9. The second-order valence-electron chi connectivity index (χ2n) is 5.12. The summed E-state index contributed by atoms with van der Waals surface area (Å²) in [6.07, 6.45) is 0. The molecular formula is C16H13N3O3S2. The molecule has 8 heteroatoms. The standard InChI is InChI=1S/C16H13N3O3S2/c1-9-5-3-4-6-11(9)12-8-23-16(17-12)18-15(20)14-7-13(19(21)22)10(2)24-14/h3-8H,1-2H3,(H,17,18,20). The molecule has 6 nitrogen and oxygen atoms in total. The van der Waals surface area contributed by atoms with Gasteiger partial charge in [0.1, 0.15) is 0 Å².